The predicted molar refractivity (Wildman–Crippen MR) is 120 cm³/mol. The van der Waals surface area contributed by atoms with E-state index in [1.54, 1.807) is 6.07 Å². The fourth-order valence-electron chi connectivity index (χ4n) is 5.22. The Morgan fingerprint density at radius 3 is 2.81 bits per heavy atom. The first-order valence-corrected chi connectivity index (χ1v) is 11.6. The summed E-state index contributed by atoms with van der Waals surface area (Å²) in [5.41, 5.74) is 3.47. The average molecular weight is 462 g/mol. The van der Waals surface area contributed by atoms with Crippen molar-refractivity contribution in [1.82, 2.24) is 4.90 Å². The van der Waals surface area contributed by atoms with Crippen LogP contribution in [0, 0.1) is 0 Å². The van der Waals surface area contributed by atoms with Crippen molar-refractivity contribution in [3.63, 3.8) is 0 Å². The Bertz CT molecular complexity index is 1020. The number of likely N-dealkylation sites (tertiary alicyclic amines) is 1. The summed E-state index contributed by atoms with van der Waals surface area (Å²) in [5, 5.41) is 10.2. The Morgan fingerprint density at radius 2 is 2.03 bits per heavy atom. The number of benzene rings is 2. The molecule has 3 aliphatic rings. The molecule has 1 fully saturated rings. The van der Waals surface area contributed by atoms with Gasteiger partial charge in [-0.3, -0.25) is 4.79 Å². The molecule has 2 heterocycles. The van der Waals surface area contributed by atoms with E-state index in [1.807, 2.05) is 18.2 Å². The number of ether oxygens (including phenoxy) is 2. The molecule has 2 aromatic carbocycles. The van der Waals surface area contributed by atoms with E-state index >= 15 is 0 Å². The molecule has 1 saturated heterocycles. The Balaban J connectivity index is 1.29. The molecule has 164 valence electrons. The summed E-state index contributed by atoms with van der Waals surface area (Å²) in [6.45, 7) is 3.08. The SMILES string of the molecule is O=C(O)CCN1CCC2(CC1)COc1cc(OC3CCc4cc(Cl)cc(Cl)c43)ccc12. The molecule has 31 heavy (non-hydrogen) atoms. The number of carbonyl (C=O) groups is 1. The van der Waals surface area contributed by atoms with Crippen molar-refractivity contribution >= 4 is 29.2 Å². The number of hydrogen-bond acceptors (Lipinski definition) is 4. The zero-order valence-electron chi connectivity index (χ0n) is 17.2. The van der Waals surface area contributed by atoms with Crippen molar-refractivity contribution in [2.24, 2.45) is 0 Å². The average Bonchev–Trinajstić information content (AvgIpc) is 3.29. The van der Waals surface area contributed by atoms with Crippen molar-refractivity contribution in [3.05, 3.63) is 57.1 Å². The third-order valence-electron chi connectivity index (χ3n) is 6.94. The summed E-state index contributed by atoms with van der Waals surface area (Å²) in [4.78, 5) is 13.1. The molecule has 5 nitrogen and oxygen atoms in total. The molecule has 0 bridgehead atoms. The van der Waals surface area contributed by atoms with Gasteiger partial charge in [0.2, 0.25) is 0 Å². The van der Waals surface area contributed by atoms with Crippen molar-refractivity contribution in [2.75, 3.05) is 26.2 Å². The van der Waals surface area contributed by atoms with E-state index in [0.29, 0.717) is 23.2 Å². The first-order chi connectivity index (χ1) is 14.9. The standard InChI is InChI=1S/C24H25Cl2NO4/c25-16-11-15-1-4-20(23(15)19(26)12-16)31-17-2-3-18-21(13-17)30-14-24(18)6-9-27(10-7-24)8-5-22(28)29/h2-3,11-13,20H,1,4-10,14H2,(H,28,29). The van der Waals surface area contributed by atoms with E-state index in [2.05, 4.69) is 11.0 Å². The van der Waals surface area contributed by atoms with Crippen molar-refractivity contribution in [1.29, 1.82) is 0 Å². The summed E-state index contributed by atoms with van der Waals surface area (Å²) in [7, 11) is 0. The Kier molecular flexibility index (Phi) is 5.53. The number of hydrogen-bond donors (Lipinski definition) is 1. The molecule has 2 aliphatic heterocycles. The van der Waals surface area contributed by atoms with Gasteiger partial charge in [0.25, 0.3) is 0 Å². The second kappa shape index (κ2) is 8.19. The Morgan fingerprint density at radius 1 is 1.23 bits per heavy atom. The molecule has 1 spiro atoms. The van der Waals surface area contributed by atoms with Gasteiger partial charge in [-0.1, -0.05) is 29.3 Å². The molecule has 1 atom stereocenters. The van der Waals surface area contributed by atoms with E-state index in [0.717, 1.165) is 61.4 Å². The number of fused-ring (bicyclic) bond motifs is 3. The largest absolute Gasteiger partial charge is 0.492 e. The summed E-state index contributed by atoms with van der Waals surface area (Å²) < 4.78 is 12.4. The van der Waals surface area contributed by atoms with Crippen LogP contribution >= 0.6 is 23.2 Å². The van der Waals surface area contributed by atoms with E-state index < -0.39 is 5.97 Å². The molecule has 1 N–H and O–H groups in total. The van der Waals surface area contributed by atoms with Crippen LogP contribution in [0.4, 0.5) is 0 Å². The normalized spacial score (nSPS) is 21.5. The highest BCUT2D eigenvalue weighted by Gasteiger charge is 2.43. The van der Waals surface area contributed by atoms with Crippen LogP contribution in [-0.4, -0.2) is 42.2 Å². The fraction of sp³-hybridized carbons (Fsp3) is 0.458. The minimum atomic E-state index is -0.739. The lowest BCUT2D eigenvalue weighted by atomic mass is 9.74. The summed E-state index contributed by atoms with van der Waals surface area (Å²) in [6.07, 6.45) is 3.86. The molecular formula is C24H25Cl2NO4. The zero-order chi connectivity index (χ0) is 21.6. The maximum atomic E-state index is 10.8. The Hall–Kier alpha value is -1.95. The summed E-state index contributed by atoms with van der Waals surface area (Å²) >= 11 is 12.6. The summed E-state index contributed by atoms with van der Waals surface area (Å²) in [6, 6.07) is 9.94. The molecule has 1 aliphatic carbocycles. The van der Waals surface area contributed by atoms with Crippen LogP contribution in [0.3, 0.4) is 0 Å². The van der Waals surface area contributed by atoms with Gasteiger partial charge in [-0.2, -0.15) is 0 Å². The monoisotopic (exact) mass is 461 g/mol. The topological polar surface area (TPSA) is 59.0 Å². The molecule has 2 aromatic rings. The van der Waals surface area contributed by atoms with Gasteiger partial charge < -0.3 is 19.5 Å². The van der Waals surface area contributed by atoms with Crippen LogP contribution < -0.4 is 9.47 Å². The number of carboxylic acid groups (broad SMARTS) is 1. The Labute approximate surface area is 191 Å². The van der Waals surface area contributed by atoms with Crippen LogP contribution in [0.15, 0.2) is 30.3 Å². The van der Waals surface area contributed by atoms with Gasteiger partial charge >= 0.3 is 5.97 Å². The number of halogens is 2. The second-order valence-electron chi connectivity index (χ2n) is 8.82. The minimum absolute atomic E-state index is 0.0214. The second-order valence-corrected chi connectivity index (χ2v) is 9.66. The first-order valence-electron chi connectivity index (χ1n) is 10.8. The van der Waals surface area contributed by atoms with E-state index in [4.69, 9.17) is 37.8 Å². The van der Waals surface area contributed by atoms with Crippen LogP contribution in [0.5, 0.6) is 11.5 Å². The van der Waals surface area contributed by atoms with Crippen LogP contribution in [0.2, 0.25) is 10.0 Å². The van der Waals surface area contributed by atoms with Gasteiger partial charge in [-0.15, -0.1) is 0 Å². The van der Waals surface area contributed by atoms with E-state index in [9.17, 15) is 4.79 Å². The molecule has 1 unspecified atom stereocenters. The molecule has 7 heteroatoms. The van der Waals surface area contributed by atoms with E-state index in [1.165, 1.54) is 5.56 Å². The van der Waals surface area contributed by atoms with Gasteiger partial charge in [0.1, 0.15) is 17.6 Å². The van der Waals surface area contributed by atoms with Gasteiger partial charge in [0.15, 0.2) is 0 Å². The van der Waals surface area contributed by atoms with Crippen LogP contribution in [-0.2, 0) is 16.6 Å². The molecular weight excluding hydrogens is 437 g/mol. The number of nitrogens with zero attached hydrogens (tertiary/aromatic N) is 1. The number of rotatable bonds is 5. The van der Waals surface area contributed by atoms with Crippen LogP contribution in [0.1, 0.15) is 48.5 Å². The minimum Gasteiger partial charge on any atom is -0.492 e. The molecule has 0 radical (unpaired) electrons. The summed E-state index contributed by atoms with van der Waals surface area (Å²) in [5.74, 6) is 0.951. The van der Waals surface area contributed by atoms with Crippen molar-refractivity contribution < 1.29 is 19.4 Å². The van der Waals surface area contributed by atoms with Gasteiger partial charge in [-0.25, -0.2) is 0 Å². The highest BCUT2D eigenvalue weighted by Crippen LogP contribution is 2.48. The van der Waals surface area contributed by atoms with Crippen molar-refractivity contribution in [3.8, 4) is 11.5 Å². The lowest BCUT2D eigenvalue weighted by Gasteiger charge is -2.38. The lowest BCUT2D eigenvalue weighted by molar-refractivity contribution is -0.137. The van der Waals surface area contributed by atoms with Gasteiger partial charge in [0, 0.05) is 39.2 Å². The fourth-order valence-corrected chi connectivity index (χ4v) is 5.88. The first kappa shape index (κ1) is 20.9. The number of aliphatic carboxylic acids is 1. The maximum absolute atomic E-state index is 10.8. The molecule has 0 amide bonds. The van der Waals surface area contributed by atoms with Gasteiger partial charge in [-0.05, 0) is 62.5 Å². The quantitative estimate of drug-likeness (QED) is 0.657. The van der Waals surface area contributed by atoms with Gasteiger partial charge in [0.05, 0.1) is 13.0 Å². The maximum Gasteiger partial charge on any atom is 0.304 e. The zero-order valence-corrected chi connectivity index (χ0v) is 18.7. The molecule has 5 rings (SSSR count). The highest BCUT2D eigenvalue weighted by molar-refractivity contribution is 6.35. The molecule has 0 aromatic heterocycles. The smallest absolute Gasteiger partial charge is 0.304 e. The number of carboxylic acids is 1. The number of aryl methyl sites for hydroxylation is 1. The highest BCUT2D eigenvalue weighted by atomic mass is 35.5. The lowest BCUT2D eigenvalue weighted by Crippen LogP contribution is -2.44. The third-order valence-corrected chi connectivity index (χ3v) is 7.47. The predicted octanol–water partition coefficient (Wildman–Crippen LogP) is 5.26. The molecule has 0 saturated carbocycles. The van der Waals surface area contributed by atoms with Crippen LogP contribution in [0.25, 0.3) is 0 Å². The number of piperidine rings is 1. The van der Waals surface area contributed by atoms with Crippen molar-refractivity contribution in [2.45, 2.75) is 43.6 Å². The van der Waals surface area contributed by atoms with E-state index in [-0.39, 0.29) is 17.9 Å². The third kappa shape index (κ3) is 3.99.